The van der Waals surface area contributed by atoms with E-state index < -0.39 is 16.4 Å². The van der Waals surface area contributed by atoms with Crippen LogP contribution in [0.4, 0.5) is 11.4 Å². The number of ether oxygens (including phenoxy) is 1. The number of rotatable bonds is 3. The predicted octanol–water partition coefficient (Wildman–Crippen LogP) is 3.28. The second-order valence-electron chi connectivity index (χ2n) is 5.27. The molecule has 0 aliphatic heterocycles. The van der Waals surface area contributed by atoms with E-state index in [1.807, 2.05) is 0 Å². The van der Waals surface area contributed by atoms with Crippen LogP contribution in [0.3, 0.4) is 0 Å². The average Bonchev–Trinajstić information content (AvgIpc) is 2.61. The monoisotopic (exact) mass is 602 g/mol. The van der Waals surface area contributed by atoms with Gasteiger partial charge in [-0.3, -0.25) is 9.11 Å². The molecule has 0 atom stereocenters. The Morgan fingerprint density at radius 3 is 1.56 bits per heavy atom. The lowest BCUT2D eigenvalue weighted by molar-refractivity contribution is 0.0524. The smallest absolute Gasteiger partial charge is 0.394 e. The molecule has 14 heteroatoms. The minimum absolute atomic E-state index is 0.221. The third-order valence-electron chi connectivity index (χ3n) is 2.71. The predicted molar refractivity (Wildman–Crippen MR) is 127 cm³/mol. The van der Waals surface area contributed by atoms with Crippen LogP contribution >= 0.6 is 31.9 Å². The van der Waals surface area contributed by atoms with Gasteiger partial charge in [-0.15, -0.1) is 0 Å². The summed E-state index contributed by atoms with van der Waals surface area (Å²) in [5.41, 5.74) is 12.8. The normalized spacial score (nSPS) is 9.59. The van der Waals surface area contributed by atoms with Crippen molar-refractivity contribution in [3.63, 3.8) is 0 Å². The molecule has 11 nitrogen and oxygen atoms in total. The number of halogens is 2. The number of esters is 1. The van der Waals surface area contributed by atoms with Crippen LogP contribution in [0.2, 0.25) is 0 Å². The molecule has 0 radical (unpaired) electrons. The lowest BCUT2D eigenvalue weighted by atomic mass is 10.2. The number of carboxylic acids is 1. The van der Waals surface area contributed by atoms with Crippen molar-refractivity contribution >= 4 is 65.6 Å². The number of carbonyl (C=O) groups excluding carboxylic acids is 1. The Hall–Kier alpha value is -2.23. The minimum atomic E-state index is -4.67. The van der Waals surface area contributed by atoms with Crippen molar-refractivity contribution in [1.82, 2.24) is 0 Å². The van der Waals surface area contributed by atoms with E-state index in [2.05, 4.69) is 31.9 Å². The molecule has 0 aliphatic rings. The Bertz CT molecular complexity index is 978. The number of aliphatic hydroxyl groups excluding tert-OH is 1. The highest BCUT2D eigenvalue weighted by atomic mass is 79.9. The van der Waals surface area contributed by atoms with Gasteiger partial charge in [-0.1, -0.05) is 0 Å². The standard InChI is InChI=1S/C9H10BrNO2.C7H6BrNO2.C2H6O.H2O4S/c1-2-13-9(12)7-4-3-6(11)5-8(7)10;8-6-3-4(9)1-2-5(6)7(10)11;1-2-3;1-5(2,3)4/h3-5H,2,11H2,1H3;1-3H,9H2,(H,10,11);3H,2H2,1H3;(H2,1,2,3,4). The molecule has 0 fully saturated rings. The van der Waals surface area contributed by atoms with Crippen molar-refractivity contribution in [2.45, 2.75) is 13.8 Å². The van der Waals surface area contributed by atoms with Crippen molar-refractivity contribution in [2.75, 3.05) is 24.7 Å². The number of hydrogen-bond donors (Lipinski definition) is 6. The van der Waals surface area contributed by atoms with Crippen molar-refractivity contribution in [3.8, 4) is 0 Å². The number of carbonyl (C=O) groups is 2. The fraction of sp³-hybridized carbons (Fsp3) is 0.222. The largest absolute Gasteiger partial charge is 0.478 e. The summed E-state index contributed by atoms with van der Waals surface area (Å²) in [5.74, 6) is -1.30. The highest BCUT2D eigenvalue weighted by Gasteiger charge is 2.10. The first-order chi connectivity index (χ1) is 14.7. The lowest BCUT2D eigenvalue weighted by Gasteiger charge is -2.04. The number of nitrogens with two attached hydrogens (primary N) is 2. The Labute approximate surface area is 202 Å². The van der Waals surface area contributed by atoms with Gasteiger partial charge in [-0.25, -0.2) is 9.59 Å². The molecule has 2 aromatic carbocycles. The average molecular weight is 604 g/mol. The molecular weight excluding hydrogens is 580 g/mol. The number of benzene rings is 2. The molecule has 0 heterocycles. The van der Waals surface area contributed by atoms with Gasteiger partial charge >= 0.3 is 22.3 Å². The molecule has 180 valence electrons. The molecule has 0 saturated carbocycles. The number of hydrogen-bond acceptors (Lipinski definition) is 8. The van der Waals surface area contributed by atoms with Gasteiger partial charge in [0.1, 0.15) is 0 Å². The number of nitrogen functional groups attached to an aromatic ring is 2. The van der Waals surface area contributed by atoms with E-state index >= 15 is 0 Å². The molecule has 2 rings (SSSR count). The van der Waals surface area contributed by atoms with Crippen molar-refractivity contribution < 1.29 is 42.1 Å². The van der Waals surface area contributed by atoms with Crippen LogP contribution in [0.5, 0.6) is 0 Å². The van der Waals surface area contributed by atoms with Gasteiger partial charge < -0.3 is 26.4 Å². The molecule has 0 spiro atoms. The molecule has 2 aromatic rings. The maximum Gasteiger partial charge on any atom is 0.394 e. The second-order valence-corrected chi connectivity index (χ2v) is 7.87. The van der Waals surface area contributed by atoms with E-state index in [0.717, 1.165) is 0 Å². The summed E-state index contributed by atoms with van der Waals surface area (Å²) in [4.78, 5) is 21.7. The van der Waals surface area contributed by atoms with Crippen LogP contribution in [-0.4, -0.2) is 52.9 Å². The van der Waals surface area contributed by atoms with Crippen LogP contribution in [0.15, 0.2) is 45.3 Å². The van der Waals surface area contributed by atoms with Gasteiger partial charge in [-0.05, 0) is 82.1 Å². The molecule has 0 saturated heterocycles. The zero-order valence-electron chi connectivity index (χ0n) is 17.0. The zero-order valence-corrected chi connectivity index (χ0v) is 21.0. The summed E-state index contributed by atoms with van der Waals surface area (Å²) < 4.78 is 37.6. The lowest BCUT2D eigenvalue weighted by Crippen LogP contribution is -2.05. The maximum atomic E-state index is 11.3. The van der Waals surface area contributed by atoms with Gasteiger partial charge in [0, 0.05) is 26.9 Å². The summed E-state index contributed by atoms with van der Waals surface area (Å²) >= 11 is 6.32. The third-order valence-corrected chi connectivity index (χ3v) is 4.02. The van der Waals surface area contributed by atoms with Crippen LogP contribution in [0.25, 0.3) is 0 Å². The van der Waals surface area contributed by atoms with E-state index in [-0.39, 0.29) is 18.1 Å². The maximum absolute atomic E-state index is 11.3. The number of carboxylic acid groups (broad SMARTS) is 1. The highest BCUT2D eigenvalue weighted by molar-refractivity contribution is 9.10. The molecular formula is C18H24Br2N2O9S. The van der Waals surface area contributed by atoms with Crippen molar-refractivity contribution in [1.29, 1.82) is 0 Å². The summed E-state index contributed by atoms with van der Waals surface area (Å²) in [6.45, 7) is 4.07. The molecule has 0 aliphatic carbocycles. The van der Waals surface area contributed by atoms with E-state index in [1.165, 1.54) is 6.07 Å². The summed E-state index contributed by atoms with van der Waals surface area (Å²) in [6, 6.07) is 9.54. The molecule has 0 amide bonds. The van der Waals surface area contributed by atoms with Gasteiger partial charge in [-0.2, -0.15) is 8.42 Å². The van der Waals surface area contributed by atoms with E-state index in [0.29, 0.717) is 32.5 Å². The van der Waals surface area contributed by atoms with Gasteiger partial charge in [0.05, 0.1) is 17.7 Å². The Kier molecular flexibility index (Phi) is 16.4. The minimum Gasteiger partial charge on any atom is -0.478 e. The molecule has 8 N–H and O–H groups in total. The number of aromatic carboxylic acids is 1. The van der Waals surface area contributed by atoms with Gasteiger partial charge in [0.15, 0.2) is 0 Å². The van der Waals surface area contributed by atoms with E-state index in [4.69, 9.17) is 43.9 Å². The van der Waals surface area contributed by atoms with E-state index in [1.54, 1.807) is 44.2 Å². The van der Waals surface area contributed by atoms with Crippen molar-refractivity contribution in [3.05, 3.63) is 56.5 Å². The van der Waals surface area contributed by atoms with Crippen LogP contribution in [-0.2, 0) is 15.1 Å². The Balaban J connectivity index is 0. The van der Waals surface area contributed by atoms with Crippen LogP contribution in [0.1, 0.15) is 34.6 Å². The third kappa shape index (κ3) is 16.5. The molecule has 0 unspecified atom stereocenters. The molecule has 0 aromatic heterocycles. The molecule has 32 heavy (non-hydrogen) atoms. The number of aliphatic hydroxyl groups is 1. The highest BCUT2D eigenvalue weighted by Crippen LogP contribution is 2.20. The van der Waals surface area contributed by atoms with Gasteiger partial charge in [0.2, 0.25) is 0 Å². The summed E-state index contributed by atoms with van der Waals surface area (Å²) in [5, 5.41) is 16.2. The SMILES string of the molecule is CCO.CCOC(=O)c1ccc(N)cc1Br.Nc1ccc(C(=O)O)c(Br)c1.O=S(=O)(O)O. The van der Waals surface area contributed by atoms with Crippen LogP contribution < -0.4 is 11.5 Å². The number of anilines is 2. The first-order valence-corrected chi connectivity index (χ1v) is 11.5. The fourth-order valence-corrected chi connectivity index (χ4v) is 2.74. The topological polar surface area (TPSA) is 210 Å². The van der Waals surface area contributed by atoms with Gasteiger partial charge in [0.25, 0.3) is 0 Å². The Morgan fingerprint density at radius 1 is 0.938 bits per heavy atom. The first-order valence-electron chi connectivity index (χ1n) is 8.48. The molecule has 0 bridgehead atoms. The second kappa shape index (κ2) is 16.4. The fourth-order valence-electron chi connectivity index (χ4n) is 1.61. The quantitative estimate of drug-likeness (QED) is 0.170. The van der Waals surface area contributed by atoms with Crippen molar-refractivity contribution in [2.24, 2.45) is 0 Å². The first kappa shape index (κ1) is 32.0. The van der Waals surface area contributed by atoms with E-state index in [9.17, 15) is 9.59 Å². The zero-order chi connectivity index (χ0) is 25.5. The van der Waals surface area contributed by atoms with Crippen LogP contribution in [0, 0.1) is 0 Å². The Morgan fingerprint density at radius 2 is 1.28 bits per heavy atom. The summed E-state index contributed by atoms with van der Waals surface area (Å²) in [6.07, 6.45) is 0. The summed E-state index contributed by atoms with van der Waals surface area (Å²) in [7, 11) is -4.67.